The monoisotopic (exact) mass is 543 g/mol. The minimum Gasteiger partial charge on any atom is -0.497 e. The van der Waals surface area contributed by atoms with Crippen molar-refractivity contribution >= 4 is 28.5 Å². The van der Waals surface area contributed by atoms with E-state index in [1.165, 1.54) is 23.8 Å². The maximum absolute atomic E-state index is 14.3. The maximum Gasteiger partial charge on any atom is 0.249 e. The van der Waals surface area contributed by atoms with Crippen molar-refractivity contribution in [3.05, 3.63) is 72.3 Å². The van der Waals surface area contributed by atoms with Crippen LogP contribution in [-0.4, -0.2) is 54.2 Å². The molecule has 0 unspecified atom stereocenters. The van der Waals surface area contributed by atoms with Crippen molar-refractivity contribution in [2.45, 2.75) is 44.3 Å². The number of nitrogens with zero attached hydrogens (tertiary/aromatic N) is 4. The molecule has 1 fully saturated rings. The number of anilines is 1. The fourth-order valence-electron chi connectivity index (χ4n) is 5.28. The number of amides is 2. The summed E-state index contributed by atoms with van der Waals surface area (Å²) >= 11 is 0. The Balaban J connectivity index is 1.65. The van der Waals surface area contributed by atoms with Gasteiger partial charge in [0.05, 0.1) is 32.5 Å². The van der Waals surface area contributed by atoms with Crippen molar-refractivity contribution < 1.29 is 23.8 Å². The number of carbonyl (C=O) groups excluding carboxylic acids is 2. The number of benzene rings is 3. The van der Waals surface area contributed by atoms with Gasteiger partial charge in [0.15, 0.2) is 0 Å². The third kappa shape index (κ3) is 5.42. The Bertz CT molecular complexity index is 1500. The van der Waals surface area contributed by atoms with Gasteiger partial charge in [-0.3, -0.25) is 14.5 Å². The van der Waals surface area contributed by atoms with E-state index in [9.17, 15) is 9.59 Å². The Morgan fingerprint density at radius 2 is 1.68 bits per heavy atom. The van der Waals surface area contributed by atoms with E-state index in [2.05, 4.69) is 15.6 Å². The van der Waals surface area contributed by atoms with E-state index >= 15 is 0 Å². The van der Waals surface area contributed by atoms with E-state index in [1.807, 2.05) is 30.3 Å². The first-order chi connectivity index (χ1) is 19.5. The summed E-state index contributed by atoms with van der Waals surface area (Å²) in [6.45, 7) is -0.149. The number of para-hydroxylation sites is 3. The predicted octanol–water partition coefficient (Wildman–Crippen LogP) is 4.29. The molecule has 0 bridgehead atoms. The number of nitrogens with one attached hydrogen (secondary N) is 1. The van der Waals surface area contributed by atoms with Gasteiger partial charge < -0.3 is 19.5 Å². The number of carbonyl (C=O) groups is 2. The molecule has 5 rings (SSSR count). The van der Waals surface area contributed by atoms with Crippen LogP contribution in [0, 0.1) is 0 Å². The van der Waals surface area contributed by atoms with Crippen molar-refractivity contribution in [3.8, 4) is 17.2 Å². The Morgan fingerprint density at radius 3 is 2.42 bits per heavy atom. The van der Waals surface area contributed by atoms with E-state index in [4.69, 9.17) is 14.2 Å². The van der Waals surface area contributed by atoms with Crippen LogP contribution in [0.25, 0.3) is 11.0 Å². The fraction of sp³-hybridized carbons (Fsp3) is 0.333. The van der Waals surface area contributed by atoms with Crippen LogP contribution >= 0.6 is 0 Å². The molecule has 40 heavy (non-hydrogen) atoms. The molecule has 0 radical (unpaired) electrons. The van der Waals surface area contributed by atoms with Crippen LogP contribution in [0.15, 0.2) is 66.7 Å². The van der Waals surface area contributed by atoms with Crippen LogP contribution in [-0.2, 0) is 16.1 Å². The molecule has 1 aromatic heterocycles. The van der Waals surface area contributed by atoms with Gasteiger partial charge in [-0.05, 0) is 49.2 Å². The van der Waals surface area contributed by atoms with Crippen molar-refractivity contribution in [1.82, 2.24) is 20.3 Å². The first-order valence-corrected chi connectivity index (χ1v) is 13.3. The van der Waals surface area contributed by atoms with Gasteiger partial charge in [-0.15, -0.1) is 5.10 Å². The first-order valence-electron chi connectivity index (χ1n) is 13.3. The lowest BCUT2D eigenvalue weighted by Gasteiger charge is -2.33. The predicted molar refractivity (Wildman–Crippen MR) is 151 cm³/mol. The van der Waals surface area contributed by atoms with Gasteiger partial charge in [-0.1, -0.05) is 42.3 Å². The number of hydrogen-bond donors (Lipinski definition) is 1. The van der Waals surface area contributed by atoms with Crippen LogP contribution in [0.4, 0.5) is 5.69 Å². The van der Waals surface area contributed by atoms with Gasteiger partial charge in [0.2, 0.25) is 11.8 Å². The molecule has 1 heterocycles. The highest BCUT2D eigenvalue weighted by atomic mass is 16.5. The SMILES string of the molecule is COc1ccc([C@@H](C(=O)NC2CCCC2)N(C(=O)Cn2nnc3ccccc32)c2ccccc2OC)c(OC)c1. The maximum atomic E-state index is 14.3. The summed E-state index contributed by atoms with van der Waals surface area (Å²) in [5.41, 5.74) is 2.35. The second-order valence-electron chi connectivity index (χ2n) is 9.67. The van der Waals surface area contributed by atoms with Crippen molar-refractivity contribution in [2.75, 3.05) is 26.2 Å². The van der Waals surface area contributed by atoms with E-state index in [-0.39, 0.29) is 24.4 Å². The molecule has 3 aromatic carbocycles. The highest BCUT2D eigenvalue weighted by Crippen LogP contribution is 2.39. The van der Waals surface area contributed by atoms with E-state index < -0.39 is 6.04 Å². The Kier molecular flexibility index (Phi) is 8.14. The van der Waals surface area contributed by atoms with E-state index in [0.29, 0.717) is 39.5 Å². The number of fused-ring (bicyclic) bond motifs is 1. The quantitative estimate of drug-likeness (QED) is 0.318. The minimum absolute atomic E-state index is 0.0353. The summed E-state index contributed by atoms with van der Waals surface area (Å²) in [5, 5.41) is 11.6. The second-order valence-corrected chi connectivity index (χ2v) is 9.67. The van der Waals surface area contributed by atoms with Gasteiger partial charge >= 0.3 is 0 Å². The lowest BCUT2D eigenvalue weighted by Crippen LogP contribution is -2.47. The summed E-state index contributed by atoms with van der Waals surface area (Å²) in [7, 11) is 4.63. The van der Waals surface area contributed by atoms with Crippen LogP contribution in [0.2, 0.25) is 0 Å². The zero-order valence-electron chi connectivity index (χ0n) is 22.9. The number of ether oxygens (including phenoxy) is 3. The lowest BCUT2D eigenvalue weighted by molar-refractivity contribution is -0.127. The molecule has 1 aliphatic carbocycles. The number of aromatic nitrogens is 3. The Hall–Kier alpha value is -4.60. The number of rotatable bonds is 10. The molecule has 1 aliphatic rings. The molecule has 1 atom stereocenters. The summed E-state index contributed by atoms with van der Waals surface area (Å²) in [4.78, 5) is 30.0. The lowest BCUT2D eigenvalue weighted by atomic mass is 10.0. The summed E-state index contributed by atoms with van der Waals surface area (Å²) < 4.78 is 18.3. The average Bonchev–Trinajstić information content (AvgIpc) is 3.65. The van der Waals surface area contributed by atoms with Crippen molar-refractivity contribution in [1.29, 1.82) is 0 Å². The molecule has 1 saturated carbocycles. The van der Waals surface area contributed by atoms with Gasteiger partial charge in [0.25, 0.3) is 0 Å². The Labute approximate surface area is 232 Å². The third-order valence-corrected chi connectivity index (χ3v) is 7.26. The van der Waals surface area contributed by atoms with Crippen molar-refractivity contribution in [3.63, 3.8) is 0 Å². The Morgan fingerprint density at radius 1 is 0.950 bits per heavy atom. The number of methoxy groups -OCH3 is 3. The zero-order chi connectivity index (χ0) is 28.1. The van der Waals surface area contributed by atoms with Gasteiger partial charge in [0, 0.05) is 17.7 Å². The molecule has 0 aliphatic heterocycles. The van der Waals surface area contributed by atoms with Crippen LogP contribution in [0.3, 0.4) is 0 Å². The van der Waals surface area contributed by atoms with Crippen molar-refractivity contribution in [2.24, 2.45) is 0 Å². The topological polar surface area (TPSA) is 108 Å². The molecule has 10 heteroatoms. The second kappa shape index (κ2) is 12.1. The van der Waals surface area contributed by atoms with Crippen LogP contribution < -0.4 is 24.4 Å². The summed E-state index contributed by atoms with van der Waals surface area (Å²) in [6, 6.07) is 18.8. The molecule has 208 valence electrons. The van der Waals surface area contributed by atoms with Crippen LogP contribution in [0.5, 0.6) is 17.2 Å². The molecule has 4 aromatic rings. The summed E-state index contributed by atoms with van der Waals surface area (Å²) in [6.07, 6.45) is 3.89. The standard InChI is InChI=1S/C30H33N5O5/c1-38-21-16-17-22(27(18-21)40-3)29(30(37)31-20-10-4-5-11-20)35(25-14-8-9-15-26(25)39-2)28(36)19-34-24-13-7-6-12-23(24)32-33-34/h6-9,12-18,20,29H,4-5,10-11,19H2,1-3H3,(H,31,37)/t29-/m0/s1. The van der Waals surface area contributed by atoms with E-state index in [1.54, 1.807) is 43.5 Å². The average molecular weight is 544 g/mol. The molecular weight excluding hydrogens is 510 g/mol. The number of hydrogen-bond acceptors (Lipinski definition) is 7. The smallest absolute Gasteiger partial charge is 0.249 e. The molecule has 2 amide bonds. The summed E-state index contributed by atoms with van der Waals surface area (Å²) in [5.74, 6) is 0.762. The largest absolute Gasteiger partial charge is 0.497 e. The minimum atomic E-state index is -1.07. The first kappa shape index (κ1) is 27.0. The van der Waals surface area contributed by atoms with E-state index in [0.717, 1.165) is 25.7 Å². The third-order valence-electron chi connectivity index (χ3n) is 7.26. The molecule has 0 spiro atoms. The zero-order valence-corrected chi connectivity index (χ0v) is 22.9. The molecular formula is C30H33N5O5. The van der Waals surface area contributed by atoms with Gasteiger partial charge in [-0.2, -0.15) is 0 Å². The molecule has 1 N–H and O–H groups in total. The highest BCUT2D eigenvalue weighted by Gasteiger charge is 2.37. The van der Waals surface area contributed by atoms with Crippen LogP contribution in [0.1, 0.15) is 37.3 Å². The molecule has 0 saturated heterocycles. The fourth-order valence-corrected chi connectivity index (χ4v) is 5.28. The molecule has 10 nitrogen and oxygen atoms in total. The van der Waals surface area contributed by atoms with Gasteiger partial charge in [0.1, 0.15) is 35.4 Å². The van der Waals surface area contributed by atoms with Gasteiger partial charge in [-0.25, -0.2) is 4.68 Å². The normalized spacial score (nSPS) is 14.1. The highest BCUT2D eigenvalue weighted by molar-refractivity contribution is 6.03.